The fraction of sp³-hybridized carbons (Fsp3) is 0.591. The maximum atomic E-state index is 12.7. The smallest absolute Gasteiger partial charge is 0.251 e. The summed E-state index contributed by atoms with van der Waals surface area (Å²) in [7, 11) is 3.38. The Hall–Kier alpha value is -1.84. The molecule has 1 heterocycles. The molecule has 7 nitrogen and oxygen atoms in total. The van der Waals surface area contributed by atoms with Crippen molar-refractivity contribution < 1.29 is 9.59 Å². The number of nitrogens with zero attached hydrogens (tertiary/aromatic N) is 2. The lowest BCUT2D eigenvalue weighted by Crippen LogP contribution is -2.45. The quantitative estimate of drug-likeness (QED) is 0.312. The Labute approximate surface area is 196 Å². The van der Waals surface area contributed by atoms with Gasteiger partial charge in [0.15, 0.2) is 5.96 Å². The third-order valence-corrected chi connectivity index (χ3v) is 5.92. The normalized spacial score (nSPS) is 19.7. The molecule has 0 radical (unpaired) electrons. The van der Waals surface area contributed by atoms with Crippen molar-refractivity contribution in [3.05, 3.63) is 35.4 Å². The Balaban J connectivity index is 0.00000320. The van der Waals surface area contributed by atoms with Crippen molar-refractivity contribution in [3.63, 3.8) is 0 Å². The van der Waals surface area contributed by atoms with Gasteiger partial charge in [-0.3, -0.25) is 14.6 Å². The molecule has 1 atom stereocenters. The number of carbonyl (C=O) groups excluding carboxylic acids is 2. The van der Waals surface area contributed by atoms with Crippen molar-refractivity contribution in [2.75, 3.05) is 27.2 Å². The molecule has 2 amide bonds. The molecule has 30 heavy (non-hydrogen) atoms. The Kier molecular flexibility index (Phi) is 9.87. The summed E-state index contributed by atoms with van der Waals surface area (Å²) < 4.78 is 0. The predicted octanol–water partition coefficient (Wildman–Crippen LogP) is 2.51. The van der Waals surface area contributed by atoms with E-state index in [1.54, 1.807) is 14.1 Å². The summed E-state index contributed by atoms with van der Waals surface area (Å²) in [6.45, 7) is 2.19. The van der Waals surface area contributed by atoms with Crippen LogP contribution in [0.1, 0.15) is 54.4 Å². The molecule has 1 saturated carbocycles. The third-order valence-electron chi connectivity index (χ3n) is 5.92. The molecule has 2 aliphatic rings. The molecule has 0 bridgehead atoms. The largest absolute Gasteiger partial charge is 0.355 e. The maximum Gasteiger partial charge on any atom is 0.251 e. The molecular formula is C22H34IN5O2. The number of guanidine groups is 1. The molecule has 1 aliphatic heterocycles. The Morgan fingerprint density at radius 1 is 1.10 bits per heavy atom. The highest BCUT2D eigenvalue weighted by molar-refractivity contribution is 14.0. The number of hydrogen-bond donors (Lipinski definition) is 3. The second-order valence-electron chi connectivity index (χ2n) is 7.95. The average Bonchev–Trinajstić information content (AvgIpc) is 3.25. The standard InChI is InChI=1S/C22H33N5O2.HI/c1-23-20(28)17-10-8-16(9-11-17)14-25-22(24-2)26-19-12-13-27(15-19)21(29)18-6-4-3-5-7-18;/h8-11,18-19H,3-7,12-15H2,1-2H3,(H,23,28)(H2,24,25,26);1H. The molecule has 166 valence electrons. The number of nitrogens with one attached hydrogen (secondary N) is 3. The first-order valence-corrected chi connectivity index (χ1v) is 10.7. The minimum absolute atomic E-state index is 0. The number of halogens is 1. The van der Waals surface area contributed by atoms with Gasteiger partial charge in [-0.15, -0.1) is 24.0 Å². The fourth-order valence-electron chi connectivity index (χ4n) is 4.18. The monoisotopic (exact) mass is 527 g/mol. The van der Waals surface area contributed by atoms with E-state index >= 15 is 0 Å². The predicted molar refractivity (Wildman–Crippen MR) is 130 cm³/mol. The van der Waals surface area contributed by atoms with Crippen molar-refractivity contribution >= 4 is 41.8 Å². The Bertz CT molecular complexity index is 732. The summed E-state index contributed by atoms with van der Waals surface area (Å²) in [6.07, 6.45) is 6.69. The SMILES string of the molecule is CN=C(NCc1ccc(C(=O)NC)cc1)NC1CCN(C(=O)C2CCCCC2)C1.I. The molecule has 8 heteroatoms. The van der Waals surface area contributed by atoms with E-state index in [0.29, 0.717) is 18.0 Å². The van der Waals surface area contributed by atoms with Crippen LogP contribution in [0, 0.1) is 5.92 Å². The van der Waals surface area contributed by atoms with Crippen molar-refractivity contribution in [2.24, 2.45) is 10.9 Å². The molecule has 0 aromatic heterocycles. The van der Waals surface area contributed by atoms with E-state index in [4.69, 9.17) is 0 Å². The van der Waals surface area contributed by atoms with E-state index in [9.17, 15) is 9.59 Å². The Morgan fingerprint density at radius 3 is 2.43 bits per heavy atom. The molecule has 3 rings (SSSR count). The molecule has 1 unspecified atom stereocenters. The summed E-state index contributed by atoms with van der Waals surface area (Å²) >= 11 is 0. The lowest BCUT2D eigenvalue weighted by Gasteiger charge is -2.26. The van der Waals surface area contributed by atoms with Crippen LogP contribution in [0.5, 0.6) is 0 Å². The number of hydrogen-bond acceptors (Lipinski definition) is 3. The molecule has 3 N–H and O–H groups in total. The van der Waals surface area contributed by atoms with Crippen LogP contribution in [0.2, 0.25) is 0 Å². The summed E-state index contributed by atoms with van der Waals surface area (Å²) in [5, 5.41) is 9.38. The van der Waals surface area contributed by atoms with Gasteiger partial charge >= 0.3 is 0 Å². The number of aliphatic imine (C=N–C) groups is 1. The Morgan fingerprint density at radius 2 is 1.80 bits per heavy atom. The van der Waals surface area contributed by atoms with Crippen molar-refractivity contribution in [1.82, 2.24) is 20.9 Å². The van der Waals surface area contributed by atoms with Crippen LogP contribution < -0.4 is 16.0 Å². The lowest BCUT2D eigenvalue weighted by molar-refractivity contribution is -0.135. The van der Waals surface area contributed by atoms with Gasteiger partial charge in [-0.1, -0.05) is 31.4 Å². The number of likely N-dealkylation sites (tertiary alicyclic amines) is 1. The molecule has 1 aromatic carbocycles. The summed E-state index contributed by atoms with van der Waals surface area (Å²) in [5.74, 6) is 1.22. The molecule has 2 fully saturated rings. The minimum atomic E-state index is -0.0875. The first-order chi connectivity index (χ1) is 14.1. The average molecular weight is 527 g/mol. The van der Waals surface area contributed by atoms with E-state index in [0.717, 1.165) is 43.9 Å². The summed E-state index contributed by atoms with van der Waals surface area (Å²) in [4.78, 5) is 30.7. The first-order valence-electron chi connectivity index (χ1n) is 10.7. The van der Waals surface area contributed by atoms with Gasteiger partial charge in [-0.2, -0.15) is 0 Å². The fourth-order valence-corrected chi connectivity index (χ4v) is 4.18. The molecule has 0 spiro atoms. The zero-order valence-electron chi connectivity index (χ0n) is 17.9. The topological polar surface area (TPSA) is 85.8 Å². The van der Waals surface area contributed by atoms with Crippen molar-refractivity contribution in [2.45, 2.75) is 51.1 Å². The zero-order chi connectivity index (χ0) is 20.6. The van der Waals surface area contributed by atoms with Gasteiger partial charge in [-0.25, -0.2) is 0 Å². The third kappa shape index (κ3) is 6.58. The maximum absolute atomic E-state index is 12.7. The van der Waals surface area contributed by atoms with E-state index in [-0.39, 0.29) is 41.8 Å². The second-order valence-corrected chi connectivity index (χ2v) is 7.95. The van der Waals surface area contributed by atoms with Crippen molar-refractivity contribution in [3.8, 4) is 0 Å². The lowest BCUT2D eigenvalue weighted by atomic mass is 9.88. The van der Waals surface area contributed by atoms with Crippen LogP contribution in [0.3, 0.4) is 0 Å². The molecule has 1 saturated heterocycles. The summed E-state index contributed by atoms with van der Waals surface area (Å²) in [5.41, 5.74) is 1.72. The first kappa shape index (κ1) is 24.4. The van der Waals surface area contributed by atoms with Gasteiger partial charge in [0.25, 0.3) is 5.91 Å². The van der Waals surface area contributed by atoms with E-state index in [1.807, 2.05) is 29.2 Å². The number of carbonyl (C=O) groups is 2. The van der Waals surface area contributed by atoms with Crippen LogP contribution in [0.4, 0.5) is 0 Å². The van der Waals surface area contributed by atoms with Crippen molar-refractivity contribution in [1.29, 1.82) is 0 Å². The second kappa shape index (κ2) is 12.1. The van der Waals surface area contributed by atoms with E-state index in [2.05, 4.69) is 20.9 Å². The number of amides is 2. The van der Waals surface area contributed by atoms with Crippen LogP contribution >= 0.6 is 24.0 Å². The van der Waals surface area contributed by atoms with Gasteiger partial charge in [0, 0.05) is 51.3 Å². The van der Waals surface area contributed by atoms with Gasteiger partial charge in [0.1, 0.15) is 0 Å². The summed E-state index contributed by atoms with van der Waals surface area (Å²) in [6, 6.07) is 7.73. The van der Waals surface area contributed by atoms with Crippen LogP contribution in [-0.4, -0.2) is 55.9 Å². The number of benzene rings is 1. The molecular weight excluding hydrogens is 493 g/mol. The van der Waals surface area contributed by atoms with Crippen LogP contribution in [-0.2, 0) is 11.3 Å². The van der Waals surface area contributed by atoms with Gasteiger partial charge in [-0.05, 0) is 37.0 Å². The van der Waals surface area contributed by atoms with Gasteiger partial charge in [0.2, 0.25) is 5.91 Å². The molecule has 1 aromatic rings. The van der Waals surface area contributed by atoms with Gasteiger partial charge < -0.3 is 20.9 Å². The highest BCUT2D eigenvalue weighted by Crippen LogP contribution is 2.26. The highest BCUT2D eigenvalue weighted by atomic mass is 127. The molecule has 1 aliphatic carbocycles. The highest BCUT2D eigenvalue weighted by Gasteiger charge is 2.31. The minimum Gasteiger partial charge on any atom is -0.355 e. The van der Waals surface area contributed by atoms with Crippen LogP contribution in [0.15, 0.2) is 29.3 Å². The van der Waals surface area contributed by atoms with E-state index in [1.165, 1.54) is 19.3 Å². The van der Waals surface area contributed by atoms with E-state index < -0.39 is 0 Å². The van der Waals surface area contributed by atoms with Crippen LogP contribution in [0.25, 0.3) is 0 Å². The van der Waals surface area contributed by atoms with Gasteiger partial charge in [0.05, 0.1) is 0 Å². The zero-order valence-corrected chi connectivity index (χ0v) is 20.3. The number of rotatable bonds is 5.